The van der Waals surface area contributed by atoms with Gasteiger partial charge in [0, 0.05) is 26.2 Å². The van der Waals surface area contributed by atoms with Crippen LogP contribution in [0, 0.1) is 0 Å². The normalized spacial score (nSPS) is 14.4. The highest BCUT2D eigenvalue weighted by atomic mass is 35.5. The number of piperazine rings is 1. The Balaban J connectivity index is 1.42. The van der Waals surface area contributed by atoms with Crippen molar-refractivity contribution < 1.29 is 9.59 Å². The van der Waals surface area contributed by atoms with Gasteiger partial charge in [0.15, 0.2) is 0 Å². The summed E-state index contributed by atoms with van der Waals surface area (Å²) in [6.07, 6.45) is 0. The minimum Gasteiger partial charge on any atom is -0.338 e. The first-order valence-electron chi connectivity index (χ1n) is 9.14. The number of para-hydroxylation sites is 2. The van der Waals surface area contributed by atoms with Gasteiger partial charge in [0.2, 0.25) is 5.91 Å². The van der Waals surface area contributed by atoms with Crippen molar-refractivity contribution >= 4 is 46.0 Å². The predicted molar refractivity (Wildman–Crippen MR) is 112 cm³/mol. The topological polar surface area (TPSA) is 78.4 Å². The Morgan fingerprint density at radius 1 is 0.931 bits per heavy atom. The van der Waals surface area contributed by atoms with Crippen LogP contribution in [-0.4, -0.2) is 57.3 Å². The molecule has 1 aromatic heterocycles. The van der Waals surface area contributed by atoms with Gasteiger partial charge in [-0.05, 0) is 24.3 Å². The SMILES string of the molecule is O=C(Cn1c(=O)[nH]c2ccccc21)N1CCN(C(=O)c2cccc(Cl)c2Cl)CC1. The zero-order valence-electron chi connectivity index (χ0n) is 15.4. The number of fused-ring (bicyclic) bond motifs is 1. The first-order valence-corrected chi connectivity index (χ1v) is 9.90. The van der Waals surface area contributed by atoms with Gasteiger partial charge >= 0.3 is 5.69 Å². The highest BCUT2D eigenvalue weighted by molar-refractivity contribution is 6.43. The van der Waals surface area contributed by atoms with Crippen LogP contribution in [0.3, 0.4) is 0 Å². The largest absolute Gasteiger partial charge is 0.338 e. The van der Waals surface area contributed by atoms with Crippen molar-refractivity contribution in [1.82, 2.24) is 19.4 Å². The molecule has 4 rings (SSSR count). The van der Waals surface area contributed by atoms with E-state index in [2.05, 4.69) is 4.98 Å². The molecule has 0 aliphatic carbocycles. The monoisotopic (exact) mass is 432 g/mol. The molecule has 0 bridgehead atoms. The molecule has 2 aromatic carbocycles. The van der Waals surface area contributed by atoms with E-state index in [4.69, 9.17) is 23.2 Å². The first-order chi connectivity index (χ1) is 14.0. The molecule has 0 atom stereocenters. The number of aromatic nitrogens is 2. The Hall–Kier alpha value is -2.77. The van der Waals surface area contributed by atoms with E-state index < -0.39 is 0 Å². The van der Waals surface area contributed by atoms with Crippen LogP contribution < -0.4 is 5.69 Å². The number of carbonyl (C=O) groups is 2. The number of benzene rings is 2. The third-order valence-electron chi connectivity index (χ3n) is 5.08. The van der Waals surface area contributed by atoms with Crippen LogP contribution in [0.4, 0.5) is 0 Å². The lowest BCUT2D eigenvalue weighted by Gasteiger charge is -2.35. The Bertz CT molecular complexity index is 1150. The molecule has 1 saturated heterocycles. The van der Waals surface area contributed by atoms with Crippen LogP contribution in [0.1, 0.15) is 10.4 Å². The standard InChI is InChI=1S/C20H18Cl2N4O3/c21-14-5-3-4-13(18(14)22)19(28)25-10-8-24(9-11-25)17(27)12-26-16-7-2-1-6-15(16)23-20(26)29/h1-7H,8-12H2,(H,23,29). The van der Waals surface area contributed by atoms with Gasteiger partial charge in [-0.25, -0.2) is 4.79 Å². The molecule has 2 amide bonds. The summed E-state index contributed by atoms with van der Waals surface area (Å²) in [4.78, 5) is 43.7. The fourth-order valence-electron chi connectivity index (χ4n) is 3.50. The zero-order chi connectivity index (χ0) is 20.5. The minimum absolute atomic E-state index is 0.0447. The van der Waals surface area contributed by atoms with Gasteiger partial charge in [-0.15, -0.1) is 0 Å². The molecule has 0 unspecified atom stereocenters. The van der Waals surface area contributed by atoms with Gasteiger partial charge in [0.25, 0.3) is 5.91 Å². The quantitative estimate of drug-likeness (QED) is 0.690. The van der Waals surface area contributed by atoms with Crippen molar-refractivity contribution in [2.75, 3.05) is 26.2 Å². The number of carbonyl (C=O) groups excluding carboxylic acids is 2. The average Bonchev–Trinajstić information content (AvgIpc) is 3.05. The fraction of sp³-hybridized carbons (Fsp3) is 0.250. The van der Waals surface area contributed by atoms with Gasteiger partial charge in [-0.1, -0.05) is 41.4 Å². The molecule has 1 N–H and O–H groups in total. The lowest BCUT2D eigenvalue weighted by atomic mass is 10.1. The lowest BCUT2D eigenvalue weighted by molar-refractivity contribution is -0.133. The highest BCUT2D eigenvalue weighted by Gasteiger charge is 2.27. The molecule has 0 spiro atoms. The van der Waals surface area contributed by atoms with Crippen molar-refractivity contribution in [3.05, 3.63) is 68.6 Å². The number of aromatic amines is 1. The van der Waals surface area contributed by atoms with Crippen LogP contribution in [0.2, 0.25) is 10.0 Å². The number of rotatable bonds is 3. The summed E-state index contributed by atoms with van der Waals surface area (Å²) in [6.45, 7) is 1.50. The van der Waals surface area contributed by atoms with Crippen LogP contribution in [-0.2, 0) is 11.3 Å². The summed E-state index contributed by atoms with van der Waals surface area (Å²) < 4.78 is 1.43. The van der Waals surface area contributed by atoms with Gasteiger partial charge in [-0.2, -0.15) is 0 Å². The molecule has 29 heavy (non-hydrogen) atoms. The van der Waals surface area contributed by atoms with E-state index in [1.807, 2.05) is 12.1 Å². The molecule has 150 valence electrons. The van der Waals surface area contributed by atoms with E-state index in [1.165, 1.54) is 4.57 Å². The van der Waals surface area contributed by atoms with Gasteiger partial charge in [0.05, 0.1) is 26.6 Å². The van der Waals surface area contributed by atoms with Crippen LogP contribution in [0.15, 0.2) is 47.3 Å². The maximum atomic E-state index is 12.7. The smallest absolute Gasteiger partial charge is 0.326 e. The number of amides is 2. The molecule has 0 radical (unpaired) electrons. The van der Waals surface area contributed by atoms with Crippen molar-refractivity contribution in [2.45, 2.75) is 6.54 Å². The third-order valence-corrected chi connectivity index (χ3v) is 5.90. The zero-order valence-corrected chi connectivity index (χ0v) is 16.9. The van der Waals surface area contributed by atoms with Gasteiger partial charge in [-0.3, -0.25) is 14.2 Å². The maximum Gasteiger partial charge on any atom is 0.326 e. The summed E-state index contributed by atoms with van der Waals surface area (Å²) >= 11 is 12.1. The molecule has 1 aliphatic heterocycles. The first kappa shape index (κ1) is 19.5. The molecular weight excluding hydrogens is 415 g/mol. The van der Waals surface area contributed by atoms with E-state index in [0.29, 0.717) is 47.8 Å². The van der Waals surface area contributed by atoms with E-state index in [-0.39, 0.29) is 29.1 Å². The van der Waals surface area contributed by atoms with E-state index in [9.17, 15) is 14.4 Å². The second-order valence-electron chi connectivity index (χ2n) is 6.81. The molecule has 7 nitrogen and oxygen atoms in total. The third kappa shape index (κ3) is 3.75. The predicted octanol–water partition coefficient (Wildman–Crippen LogP) is 2.62. The summed E-state index contributed by atoms with van der Waals surface area (Å²) in [5.41, 5.74) is 1.42. The Kier molecular flexibility index (Phi) is 5.34. The number of imidazole rings is 1. The molecule has 1 fully saturated rings. The lowest BCUT2D eigenvalue weighted by Crippen LogP contribution is -2.51. The second kappa shape index (κ2) is 7.93. The number of halogens is 2. The van der Waals surface area contributed by atoms with Crippen LogP contribution in [0.25, 0.3) is 11.0 Å². The number of nitrogens with zero attached hydrogens (tertiary/aromatic N) is 3. The summed E-state index contributed by atoms with van der Waals surface area (Å²) in [5, 5.41) is 0.562. The Labute approximate surface area is 176 Å². The second-order valence-corrected chi connectivity index (χ2v) is 7.59. The maximum absolute atomic E-state index is 12.7. The molecule has 1 aliphatic rings. The number of hydrogen-bond acceptors (Lipinski definition) is 3. The Morgan fingerprint density at radius 2 is 1.62 bits per heavy atom. The molecule has 9 heteroatoms. The molecule has 0 saturated carbocycles. The van der Waals surface area contributed by atoms with E-state index in [1.54, 1.807) is 40.1 Å². The van der Waals surface area contributed by atoms with Crippen molar-refractivity contribution in [3.63, 3.8) is 0 Å². The molecule has 2 heterocycles. The highest BCUT2D eigenvalue weighted by Crippen LogP contribution is 2.26. The summed E-state index contributed by atoms with van der Waals surface area (Å²) in [7, 11) is 0. The number of nitrogens with one attached hydrogen (secondary N) is 1. The summed E-state index contributed by atoms with van der Waals surface area (Å²) in [5.74, 6) is -0.373. The van der Waals surface area contributed by atoms with Crippen molar-refractivity contribution in [2.24, 2.45) is 0 Å². The van der Waals surface area contributed by atoms with Crippen molar-refractivity contribution in [3.8, 4) is 0 Å². The van der Waals surface area contributed by atoms with E-state index >= 15 is 0 Å². The van der Waals surface area contributed by atoms with Gasteiger partial charge in [0.1, 0.15) is 6.54 Å². The van der Waals surface area contributed by atoms with Crippen molar-refractivity contribution in [1.29, 1.82) is 0 Å². The number of H-pyrrole nitrogens is 1. The average molecular weight is 433 g/mol. The van der Waals surface area contributed by atoms with Gasteiger partial charge < -0.3 is 14.8 Å². The molecule has 3 aromatic rings. The Morgan fingerprint density at radius 3 is 2.38 bits per heavy atom. The number of hydrogen-bond donors (Lipinski definition) is 1. The fourth-order valence-corrected chi connectivity index (χ4v) is 3.88. The van der Waals surface area contributed by atoms with Crippen LogP contribution in [0.5, 0.6) is 0 Å². The minimum atomic E-state index is -0.316. The summed E-state index contributed by atoms with van der Waals surface area (Å²) in [6, 6.07) is 12.2. The molecular formula is C20H18Cl2N4O3. The van der Waals surface area contributed by atoms with Crippen LogP contribution >= 0.6 is 23.2 Å². The van der Waals surface area contributed by atoms with E-state index in [0.717, 1.165) is 0 Å².